The number of aliphatic hydroxyl groups is 1. The second-order valence-corrected chi connectivity index (χ2v) is 7.17. The Morgan fingerprint density at radius 1 is 1.35 bits per heavy atom. The lowest BCUT2D eigenvalue weighted by molar-refractivity contribution is -0.137. The molecule has 3 rings (SSSR count). The van der Waals surface area contributed by atoms with Gasteiger partial charge >= 0.3 is 0 Å². The number of likely N-dealkylation sites (N-methyl/N-ethyl adjacent to an activating group) is 1. The van der Waals surface area contributed by atoms with E-state index in [1.165, 1.54) is 0 Å². The van der Waals surface area contributed by atoms with Gasteiger partial charge in [0, 0.05) is 49.8 Å². The number of rotatable bonds is 6. The maximum absolute atomic E-state index is 12.1. The van der Waals surface area contributed by atoms with Gasteiger partial charge in [-0.2, -0.15) is 0 Å². The number of amides is 2. The summed E-state index contributed by atoms with van der Waals surface area (Å²) in [5.74, 6) is -0.226. The first-order valence-corrected chi connectivity index (χ1v) is 8.99. The average molecular weight is 359 g/mol. The Labute approximate surface area is 153 Å². The summed E-state index contributed by atoms with van der Waals surface area (Å²) in [4.78, 5) is 38.9. The molecule has 2 N–H and O–H groups in total. The summed E-state index contributed by atoms with van der Waals surface area (Å²) in [6, 6.07) is 5.36. The first-order valence-electron chi connectivity index (χ1n) is 8.99. The molecule has 0 radical (unpaired) electrons. The monoisotopic (exact) mass is 359 g/mol. The van der Waals surface area contributed by atoms with Crippen LogP contribution < -0.4 is 10.2 Å². The van der Waals surface area contributed by atoms with Crippen molar-refractivity contribution in [3.63, 3.8) is 0 Å². The molecule has 7 heteroatoms. The minimum Gasteiger partial charge on any atom is -0.396 e. The molecule has 2 aliphatic heterocycles. The highest BCUT2D eigenvalue weighted by atomic mass is 16.3. The number of hydrogen-bond donors (Lipinski definition) is 2. The maximum atomic E-state index is 12.1. The molecule has 2 unspecified atom stereocenters. The molecule has 140 valence electrons. The van der Waals surface area contributed by atoms with Gasteiger partial charge in [0.05, 0.1) is 6.04 Å². The second kappa shape index (κ2) is 7.97. The zero-order valence-corrected chi connectivity index (χ0v) is 15.0. The number of anilines is 1. The minimum absolute atomic E-state index is 0.189. The third-order valence-electron chi connectivity index (χ3n) is 5.32. The van der Waals surface area contributed by atoms with E-state index in [1.807, 2.05) is 30.1 Å². The number of hydrogen-bond acceptors (Lipinski definition) is 6. The Morgan fingerprint density at radius 2 is 2.15 bits per heavy atom. The summed E-state index contributed by atoms with van der Waals surface area (Å²) < 4.78 is 0. The molecule has 0 aromatic heterocycles. The normalized spacial score (nSPS) is 23.4. The van der Waals surface area contributed by atoms with Crippen molar-refractivity contribution in [3.8, 4) is 0 Å². The summed E-state index contributed by atoms with van der Waals surface area (Å²) in [6.45, 7) is 2.33. The first kappa shape index (κ1) is 18.5. The number of carbonyl (C=O) groups is 3. The van der Waals surface area contributed by atoms with Gasteiger partial charge in [0.25, 0.3) is 0 Å². The van der Waals surface area contributed by atoms with Crippen LogP contribution in [0.25, 0.3) is 0 Å². The van der Waals surface area contributed by atoms with E-state index in [4.69, 9.17) is 0 Å². The van der Waals surface area contributed by atoms with E-state index >= 15 is 0 Å². The molecule has 0 bridgehead atoms. The molecular formula is C19H25N3O4. The third kappa shape index (κ3) is 3.94. The van der Waals surface area contributed by atoms with Crippen molar-refractivity contribution in [1.29, 1.82) is 0 Å². The fourth-order valence-corrected chi connectivity index (χ4v) is 3.74. The third-order valence-corrected chi connectivity index (χ3v) is 5.32. The number of imide groups is 1. The molecule has 26 heavy (non-hydrogen) atoms. The predicted octanol–water partition coefficient (Wildman–Crippen LogP) is 0.555. The van der Waals surface area contributed by atoms with Crippen molar-refractivity contribution < 1.29 is 19.5 Å². The van der Waals surface area contributed by atoms with Gasteiger partial charge < -0.3 is 10.0 Å². The number of nitrogens with one attached hydrogen (secondary N) is 1. The molecule has 2 heterocycles. The van der Waals surface area contributed by atoms with Crippen LogP contribution in [-0.4, -0.2) is 60.9 Å². The molecule has 0 aliphatic carbocycles. The lowest BCUT2D eigenvalue weighted by atomic mass is 10.0. The molecule has 0 saturated carbocycles. The van der Waals surface area contributed by atoms with E-state index in [9.17, 15) is 19.5 Å². The summed E-state index contributed by atoms with van der Waals surface area (Å²) in [5, 5.41) is 11.7. The molecule has 2 aliphatic rings. The summed E-state index contributed by atoms with van der Waals surface area (Å²) in [5.41, 5.74) is 2.49. The highest BCUT2D eigenvalue weighted by Gasteiger charge is 2.30. The molecule has 2 saturated heterocycles. The van der Waals surface area contributed by atoms with Gasteiger partial charge in [-0.05, 0) is 43.7 Å². The van der Waals surface area contributed by atoms with E-state index in [2.05, 4.69) is 10.2 Å². The van der Waals surface area contributed by atoms with Crippen LogP contribution in [0, 0.1) is 5.92 Å². The summed E-state index contributed by atoms with van der Waals surface area (Å²) in [6.07, 6.45) is 2.61. The van der Waals surface area contributed by atoms with Gasteiger partial charge in [-0.1, -0.05) is 0 Å². The van der Waals surface area contributed by atoms with Gasteiger partial charge in [-0.15, -0.1) is 0 Å². The first-order chi connectivity index (χ1) is 12.5. The van der Waals surface area contributed by atoms with Gasteiger partial charge in [0.15, 0.2) is 0 Å². The SMILES string of the molecule is CN(Cc1cc(N2CCC(CO)C2)ccc1C=O)C1CCC(=O)NC1=O. The number of carbonyl (C=O) groups excluding carboxylic acids is 3. The summed E-state index contributed by atoms with van der Waals surface area (Å²) >= 11 is 0. The molecule has 1 aromatic carbocycles. The number of nitrogens with zero attached hydrogens (tertiary/aromatic N) is 2. The van der Waals surface area contributed by atoms with E-state index < -0.39 is 0 Å². The van der Waals surface area contributed by atoms with Gasteiger partial charge in [0.2, 0.25) is 11.8 Å². The van der Waals surface area contributed by atoms with Crippen LogP contribution in [0.1, 0.15) is 35.2 Å². The topological polar surface area (TPSA) is 89.9 Å². The standard InChI is InChI=1S/C19H25N3O4/c1-21(17-4-5-18(25)20-19(17)26)10-15-8-16(3-2-14(15)12-24)22-7-6-13(9-22)11-23/h2-3,8,12-13,17,23H,4-7,9-11H2,1H3,(H,20,25,26). The van der Waals surface area contributed by atoms with Crippen LogP contribution in [0.3, 0.4) is 0 Å². The van der Waals surface area contributed by atoms with E-state index in [0.29, 0.717) is 24.9 Å². The van der Waals surface area contributed by atoms with Crippen LogP contribution in [0.5, 0.6) is 0 Å². The van der Waals surface area contributed by atoms with Gasteiger partial charge in [0.1, 0.15) is 6.29 Å². The minimum atomic E-state index is -0.374. The van der Waals surface area contributed by atoms with Crippen LogP contribution in [0.2, 0.25) is 0 Å². The molecule has 2 fully saturated rings. The number of aliphatic hydroxyl groups excluding tert-OH is 1. The van der Waals surface area contributed by atoms with Crippen molar-refractivity contribution in [2.24, 2.45) is 5.92 Å². The Hall–Kier alpha value is -2.25. The van der Waals surface area contributed by atoms with Crippen molar-refractivity contribution in [3.05, 3.63) is 29.3 Å². The highest BCUT2D eigenvalue weighted by Crippen LogP contribution is 2.26. The van der Waals surface area contributed by atoms with Crippen LogP contribution in [0.4, 0.5) is 5.69 Å². The molecule has 2 amide bonds. The van der Waals surface area contributed by atoms with E-state index in [-0.39, 0.29) is 30.4 Å². The van der Waals surface area contributed by atoms with Crippen LogP contribution in [0.15, 0.2) is 18.2 Å². The van der Waals surface area contributed by atoms with E-state index in [1.54, 1.807) is 0 Å². The molecular weight excluding hydrogens is 334 g/mol. The highest BCUT2D eigenvalue weighted by molar-refractivity contribution is 6.00. The van der Waals surface area contributed by atoms with Crippen molar-refractivity contribution >= 4 is 23.8 Å². The Kier molecular flexibility index (Phi) is 5.68. The zero-order chi connectivity index (χ0) is 18.7. The second-order valence-electron chi connectivity index (χ2n) is 7.17. The Morgan fingerprint density at radius 3 is 2.81 bits per heavy atom. The van der Waals surface area contributed by atoms with Crippen molar-refractivity contribution in [2.75, 3.05) is 31.6 Å². The van der Waals surface area contributed by atoms with Crippen molar-refractivity contribution in [2.45, 2.75) is 31.8 Å². The lowest BCUT2D eigenvalue weighted by Crippen LogP contribution is -2.51. The fourth-order valence-electron chi connectivity index (χ4n) is 3.74. The quantitative estimate of drug-likeness (QED) is 0.570. The molecule has 7 nitrogen and oxygen atoms in total. The molecule has 2 atom stereocenters. The fraction of sp³-hybridized carbons (Fsp3) is 0.526. The van der Waals surface area contributed by atoms with Crippen LogP contribution >= 0.6 is 0 Å². The van der Waals surface area contributed by atoms with E-state index in [0.717, 1.165) is 37.0 Å². The van der Waals surface area contributed by atoms with Gasteiger partial charge in [-0.3, -0.25) is 24.6 Å². The number of aldehydes is 1. The smallest absolute Gasteiger partial charge is 0.243 e. The number of benzene rings is 1. The lowest BCUT2D eigenvalue weighted by Gasteiger charge is -2.30. The average Bonchev–Trinajstić information content (AvgIpc) is 3.10. The van der Waals surface area contributed by atoms with Crippen molar-refractivity contribution in [1.82, 2.24) is 10.2 Å². The summed E-state index contributed by atoms with van der Waals surface area (Å²) in [7, 11) is 1.83. The Bertz CT molecular complexity index is 706. The van der Waals surface area contributed by atoms with Gasteiger partial charge in [-0.25, -0.2) is 0 Å². The zero-order valence-electron chi connectivity index (χ0n) is 15.0. The maximum Gasteiger partial charge on any atom is 0.243 e. The largest absolute Gasteiger partial charge is 0.396 e. The molecule has 1 aromatic rings. The predicted molar refractivity (Wildman–Crippen MR) is 96.9 cm³/mol. The van der Waals surface area contributed by atoms with Crippen LogP contribution in [-0.2, 0) is 16.1 Å². The Balaban J connectivity index is 1.75. The number of piperidine rings is 1. The molecule has 0 spiro atoms.